The van der Waals surface area contributed by atoms with Crippen molar-refractivity contribution in [1.82, 2.24) is 0 Å². The second kappa shape index (κ2) is 13.7. The number of para-hydroxylation sites is 6. The van der Waals surface area contributed by atoms with Crippen molar-refractivity contribution in [2.24, 2.45) is 0 Å². The summed E-state index contributed by atoms with van der Waals surface area (Å²) < 4.78 is 53.5. The third kappa shape index (κ3) is 6.99. The Morgan fingerprint density at radius 3 is 1.58 bits per heavy atom. The highest BCUT2D eigenvalue weighted by Crippen LogP contribution is 2.47. The smallest absolute Gasteiger partial charge is 0.463 e. The fourth-order valence-corrected chi connectivity index (χ4v) is 5.57. The van der Waals surface area contributed by atoms with Crippen LogP contribution in [0.4, 0.5) is 0 Å². The molecule has 1 atom stereocenters. The van der Waals surface area contributed by atoms with Crippen LogP contribution in [0.15, 0.2) is 97.1 Å². The molecule has 4 rings (SSSR count). The number of hydrogen-bond acceptors (Lipinski definition) is 8. The van der Waals surface area contributed by atoms with Crippen LogP contribution in [-0.4, -0.2) is 21.3 Å². The molecule has 0 N–H and O–H groups in total. The first-order chi connectivity index (χ1) is 18.6. The molecule has 1 unspecified atom stereocenters. The van der Waals surface area contributed by atoms with E-state index in [4.69, 9.17) is 32.3 Å². The van der Waals surface area contributed by atoms with E-state index in [2.05, 4.69) is 0 Å². The Balaban J connectivity index is 1.55. The Labute approximate surface area is 223 Å². The molecule has 0 aliphatic rings. The second-order valence-corrected chi connectivity index (χ2v) is 10.1. The maximum atomic E-state index is 13.1. The molecule has 0 fully saturated rings. The van der Waals surface area contributed by atoms with Gasteiger partial charge >= 0.3 is 8.60 Å². The zero-order chi connectivity index (χ0) is 26.7. The lowest BCUT2D eigenvalue weighted by Crippen LogP contribution is -2.06. The minimum absolute atomic E-state index is 0.0627. The van der Waals surface area contributed by atoms with Gasteiger partial charge in [0.2, 0.25) is 0 Å². The Morgan fingerprint density at radius 1 is 0.579 bits per heavy atom. The molecule has 0 saturated heterocycles. The van der Waals surface area contributed by atoms with Crippen molar-refractivity contribution < 1.29 is 36.9 Å². The molecular formula is C28H28O8P2. The predicted octanol–water partition coefficient (Wildman–Crippen LogP) is 6.79. The lowest BCUT2D eigenvalue weighted by Gasteiger charge is -2.20. The van der Waals surface area contributed by atoms with Crippen LogP contribution in [-0.2, 0) is 15.7 Å². The van der Waals surface area contributed by atoms with E-state index in [9.17, 15) is 4.57 Å². The summed E-state index contributed by atoms with van der Waals surface area (Å²) in [5.41, 5.74) is 0.667. The van der Waals surface area contributed by atoms with Crippen LogP contribution < -0.4 is 33.1 Å². The normalized spacial score (nSPS) is 11.5. The highest BCUT2D eigenvalue weighted by molar-refractivity contribution is 7.49. The highest BCUT2D eigenvalue weighted by Gasteiger charge is 2.23. The molecule has 8 nitrogen and oxygen atoms in total. The molecule has 0 aliphatic heterocycles. The van der Waals surface area contributed by atoms with Crippen LogP contribution in [0, 0.1) is 0 Å². The summed E-state index contributed by atoms with van der Waals surface area (Å²) in [7, 11) is 0.0218. The van der Waals surface area contributed by atoms with E-state index in [1.807, 2.05) is 42.5 Å². The summed E-state index contributed by atoms with van der Waals surface area (Å²) in [5, 5.41) is 0.497. The first-order valence-corrected chi connectivity index (χ1v) is 14.0. The molecule has 0 aromatic heterocycles. The fraction of sp³-hybridized carbons (Fsp3) is 0.143. The van der Waals surface area contributed by atoms with Crippen molar-refractivity contribution in [2.45, 2.75) is 6.61 Å². The van der Waals surface area contributed by atoms with Crippen LogP contribution >= 0.6 is 16.6 Å². The van der Waals surface area contributed by atoms with Gasteiger partial charge in [0.15, 0.2) is 23.0 Å². The SMILES string of the molecule is COc1ccccc1OP(OCc1ccccc1O[PH](=O)c1ccccc1OC)Oc1ccccc1OC. The van der Waals surface area contributed by atoms with E-state index in [1.165, 1.54) is 7.11 Å². The average molecular weight is 554 g/mol. The molecule has 4 aromatic rings. The summed E-state index contributed by atoms with van der Waals surface area (Å²) >= 11 is 0. The topological polar surface area (TPSA) is 81.7 Å². The summed E-state index contributed by atoms with van der Waals surface area (Å²) in [6, 6.07) is 28.7. The molecule has 4 aromatic carbocycles. The Morgan fingerprint density at radius 2 is 1.03 bits per heavy atom. The Bertz CT molecular complexity index is 1310. The van der Waals surface area contributed by atoms with Gasteiger partial charge in [-0.25, -0.2) is 0 Å². The van der Waals surface area contributed by atoms with Gasteiger partial charge in [-0.3, -0.25) is 9.09 Å². The summed E-state index contributed by atoms with van der Waals surface area (Å²) in [6.07, 6.45) is 0. The molecule has 10 heteroatoms. The zero-order valence-electron chi connectivity index (χ0n) is 21.2. The minimum atomic E-state index is -2.66. The van der Waals surface area contributed by atoms with Crippen LogP contribution in [0.5, 0.6) is 34.5 Å². The average Bonchev–Trinajstić information content (AvgIpc) is 2.97. The summed E-state index contributed by atoms with van der Waals surface area (Å²) in [4.78, 5) is 0. The van der Waals surface area contributed by atoms with E-state index in [1.54, 1.807) is 68.8 Å². The molecular weight excluding hydrogens is 526 g/mol. The lowest BCUT2D eigenvalue weighted by molar-refractivity contribution is 0.248. The summed E-state index contributed by atoms with van der Waals surface area (Å²) in [6.45, 7) is 0.0627. The standard InChI is InChI=1S/C28H28O8P2/c1-30-23-14-6-8-16-25(23)35-38(36-26-17-9-7-15-24(26)31-2)33-20-21-12-4-5-13-22(21)34-37(29)28-19-11-10-18-27(28)32-3/h4-19,37H,20H2,1-3H3. The highest BCUT2D eigenvalue weighted by atomic mass is 31.2. The van der Waals surface area contributed by atoms with Gasteiger partial charge in [-0.1, -0.05) is 54.6 Å². The molecule has 0 aliphatic carbocycles. The van der Waals surface area contributed by atoms with Gasteiger partial charge < -0.3 is 27.8 Å². The van der Waals surface area contributed by atoms with Gasteiger partial charge in [-0.05, 0) is 42.5 Å². The van der Waals surface area contributed by atoms with Crippen molar-refractivity contribution >= 4 is 21.9 Å². The number of methoxy groups -OCH3 is 3. The quantitative estimate of drug-likeness (QED) is 0.167. The zero-order valence-corrected chi connectivity index (χ0v) is 23.1. The number of ether oxygens (including phenoxy) is 3. The van der Waals surface area contributed by atoms with E-state index in [0.29, 0.717) is 45.4 Å². The minimum Gasteiger partial charge on any atom is -0.496 e. The molecule has 0 spiro atoms. The van der Waals surface area contributed by atoms with Gasteiger partial charge in [0.25, 0.3) is 8.03 Å². The summed E-state index contributed by atoms with van der Waals surface area (Å²) in [5.74, 6) is 2.91. The third-order valence-electron chi connectivity index (χ3n) is 5.31. The van der Waals surface area contributed by atoms with Gasteiger partial charge in [-0.15, -0.1) is 0 Å². The van der Waals surface area contributed by atoms with Crippen molar-refractivity contribution in [3.05, 3.63) is 103 Å². The lowest BCUT2D eigenvalue weighted by atomic mass is 10.2. The van der Waals surface area contributed by atoms with Crippen LogP contribution in [0.2, 0.25) is 0 Å². The maximum Gasteiger partial charge on any atom is 0.463 e. The number of rotatable bonds is 13. The Kier molecular flexibility index (Phi) is 9.88. The van der Waals surface area contributed by atoms with Crippen LogP contribution in [0.1, 0.15) is 5.56 Å². The first kappa shape index (κ1) is 27.3. The van der Waals surface area contributed by atoms with Gasteiger partial charge in [-0.2, -0.15) is 0 Å². The van der Waals surface area contributed by atoms with Gasteiger partial charge in [0.1, 0.15) is 11.5 Å². The largest absolute Gasteiger partial charge is 0.496 e. The molecule has 0 saturated carbocycles. The van der Waals surface area contributed by atoms with Gasteiger partial charge in [0.05, 0.1) is 33.2 Å². The fourth-order valence-electron chi connectivity index (χ4n) is 3.43. The second-order valence-electron chi connectivity index (χ2n) is 7.68. The monoisotopic (exact) mass is 554 g/mol. The molecule has 0 bridgehead atoms. The maximum absolute atomic E-state index is 13.1. The molecule has 0 radical (unpaired) electrons. The van der Waals surface area contributed by atoms with Crippen molar-refractivity contribution in [2.75, 3.05) is 21.3 Å². The van der Waals surface area contributed by atoms with Crippen molar-refractivity contribution in [3.63, 3.8) is 0 Å². The van der Waals surface area contributed by atoms with Crippen molar-refractivity contribution in [1.29, 1.82) is 0 Å². The van der Waals surface area contributed by atoms with E-state index >= 15 is 0 Å². The predicted molar refractivity (Wildman–Crippen MR) is 148 cm³/mol. The third-order valence-corrected chi connectivity index (χ3v) is 7.60. The molecule has 198 valence electrons. The van der Waals surface area contributed by atoms with E-state index in [0.717, 1.165) is 0 Å². The first-order valence-electron chi connectivity index (χ1n) is 11.6. The van der Waals surface area contributed by atoms with Crippen LogP contribution in [0.3, 0.4) is 0 Å². The number of hydrogen-bond donors (Lipinski definition) is 0. The van der Waals surface area contributed by atoms with E-state index < -0.39 is 16.6 Å². The molecule has 0 amide bonds. The van der Waals surface area contributed by atoms with Gasteiger partial charge in [0, 0.05) is 5.56 Å². The molecule has 38 heavy (non-hydrogen) atoms. The molecule has 0 heterocycles. The Hall–Kier alpha value is -3.70. The van der Waals surface area contributed by atoms with Crippen molar-refractivity contribution in [3.8, 4) is 34.5 Å². The van der Waals surface area contributed by atoms with E-state index in [-0.39, 0.29) is 6.61 Å². The number of benzene rings is 4. The van der Waals surface area contributed by atoms with Crippen LogP contribution in [0.25, 0.3) is 0 Å².